The van der Waals surface area contributed by atoms with E-state index in [2.05, 4.69) is 0 Å². The molecule has 0 spiro atoms. The third kappa shape index (κ3) is 2.30. The van der Waals surface area contributed by atoms with Crippen LogP contribution in [0.4, 0.5) is 8.78 Å². The van der Waals surface area contributed by atoms with Crippen molar-refractivity contribution in [3.05, 3.63) is 11.6 Å². The first kappa shape index (κ1) is 7.09. The van der Waals surface area contributed by atoms with Crippen molar-refractivity contribution in [1.82, 2.24) is 0 Å². The van der Waals surface area contributed by atoms with Crippen LogP contribution in [0.5, 0.6) is 0 Å². The van der Waals surface area contributed by atoms with Crippen molar-refractivity contribution in [2.75, 3.05) is 0 Å². The Morgan fingerprint density at radius 1 is 1.75 bits per heavy atom. The summed E-state index contributed by atoms with van der Waals surface area (Å²) in [5.41, 5.74) is -0.187. The van der Waals surface area contributed by atoms with Gasteiger partial charge in [-0.05, 0) is 6.92 Å². The molecule has 1 nitrogen and oxygen atoms in total. The minimum atomic E-state index is -2.49. The number of nitriles is 1. The minimum Gasteiger partial charge on any atom is -0.205 e. The van der Waals surface area contributed by atoms with Crippen molar-refractivity contribution in [3.63, 3.8) is 0 Å². The van der Waals surface area contributed by atoms with Gasteiger partial charge in [0.15, 0.2) is 0 Å². The highest BCUT2D eigenvalue weighted by Crippen LogP contribution is 2.04. The lowest BCUT2D eigenvalue weighted by molar-refractivity contribution is 0.190. The van der Waals surface area contributed by atoms with Crippen LogP contribution >= 0.6 is 0 Å². The monoisotopic (exact) mass is 117 g/mol. The van der Waals surface area contributed by atoms with E-state index >= 15 is 0 Å². The molecule has 8 heavy (non-hydrogen) atoms. The summed E-state index contributed by atoms with van der Waals surface area (Å²) < 4.78 is 22.8. The molecule has 0 atom stereocenters. The van der Waals surface area contributed by atoms with E-state index < -0.39 is 6.43 Å². The lowest BCUT2D eigenvalue weighted by Crippen LogP contribution is -1.89. The van der Waals surface area contributed by atoms with Gasteiger partial charge in [-0.15, -0.1) is 0 Å². The molecule has 0 aliphatic rings. The van der Waals surface area contributed by atoms with Crippen LogP contribution in [0, 0.1) is 11.3 Å². The Kier molecular flexibility index (Phi) is 2.78. The number of nitrogens with zero attached hydrogens (tertiary/aromatic N) is 1. The first-order chi connectivity index (χ1) is 3.68. The summed E-state index contributed by atoms with van der Waals surface area (Å²) in [7, 11) is 0. The molecule has 0 aromatic rings. The largest absolute Gasteiger partial charge is 0.260 e. The van der Waals surface area contributed by atoms with Gasteiger partial charge in [0.1, 0.15) is 0 Å². The third-order valence-electron chi connectivity index (χ3n) is 0.636. The van der Waals surface area contributed by atoms with Crippen molar-refractivity contribution in [2.45, 2.75) is 13.3 Å². The van der Waals surface area contributed by atoms with Crippen LogP contribution in [0.25, 0.3) is 0 Å². The molecule has 0 aromatic heterocycles. The SMILES string of the molecule is CC(=CC#N)C(F)F. The van der Waals surface area contributed by atoms with Gasteiger partial charge in [0.2, 0.25) is 0 Å². The van der Waals surface area contributed by atoms with Crippen molar-refractivity contribution in [2.24, 2.45) is 0 Å². The smallest absolute Gasteiger partial charge is 0.205 e. The number of halogens is 2. The average Bonchev–Trinajstić information content (AvgIpc) is 1.67. The minimum absolute atomic E-state index is 0.187. The van der Waals surface area contributed by atoms with E-state index in [4.69, 9.17) is 5.26 Å². The number of hydrogen-bond acceptors (Lipinski definition) is 1. The van der Waals surface area contributed by atoms with Crippen LogP contribution in [0.3, 0.4) is 0 Å². The van der Waals surface area contributed by atoms with Gasteiger partial charge in [-0.2, -0.15) is 5.26 Å². The Bertz CT molecular complexity index is 132. The van der Waals surface area contributed by atoms with Gasteiger partial charge in [-0.25, -0.2) is 8.78 Å². The van der Waals surface area contributed by atoms with Crippen LogP contribution in [0.1, 0.15) is 6.92 Å². The van der Waals surface area contributed by atoms with Gasteiger partial charge < -0.3 is 0 Å². The molecule has 0 aromatic carbocycles. The second-order valence-electron chi connectivity index (χ2n) is 1.32. The van der Waals surface area contributed by atoms with Gasteiger partial charge >= 0.3 is 0 Å². The molecule has 0 fully saturated rings. The highest BCUT2D eigenvalue weighted by Gasteiger charge is 2.02. The van der Waals surface area contributed by atoms with Crippen LogP contribution in [-0.2, 0) is 0 Å². The Morgan fingerprint density at radius 3 is 2.38 bits per heavy atom. The lowest BCUT2D eigenvalue weighted by Gasteiger charge is -1.91. The predicted octanol–water partition coefficient (Wildman–Crippen LogP) is 1.72. The quantitative estimate of drug-likeness (QED) is 0.480. The second-order valence-corrected chi connectivity index (χ2v) is 1.32. The maximum atomic E-state index is 11.4. The molecule has 0 saturated carbocycles. The third-order valence-corrected chi connectivity index (χ3v) is 0.636. The summed E-state index contributed by atoms with van der Waals surface area (Å²) in [6.45, 7) is 1.22. The molecular weight excluding hydrogens is 112 g/mol. The molecule has 0 amide bonds. The summed E-state index contributed by atoms with van der Waals surface area (Å²) in [6.07, 6.45) is -1.65. The molecule has 0 rings (SSSR count). The first-order valence-electron chi connectivity index (χ1n) is 2.03. The van der Waals surface area contributed by atoms with Crippen LogP contribution < -0.4 is 0 Å². The van der Waals surface area contributed by atoms with Crippen molar-refractivity contribution >= 4 is 0 Å². The summed E-state index contributed by atoms with van der Waals surface area (Å²) in [6, 6.07) is 1.51. The molecule has 0 unspecified atom stereocenters. The lowest BCUT2D eigenvalue weighted by atomic mass is 10.3. The first-order valence-corrected chi connectivity index (χ1v) is 2.03. The molecule has 0 aliphatic carbocycles. The topological polar surface area (TPSA) is 23.8 Å². The molecule has 0 radical (unpaired) electrons. The fraction of sp³-hybridized carbons (Fsp3) is 0.400. The van der Waals surface area contributed by atoms with Crippen LogP contribution in [0.15, 0.2) is 11.6 Å². The molecular formula is C5H5F2N. The molecule has 44 valence electrons. The zero-order valence-corrected chi connectivity index (χ0v) is 4.36. The summed E-state index contributed by atoms with van der Waals surface area (Å²) in [4.78, 5) is 0. The van der Waals surface area contributed by atoms with Crippen LogP contribution in [-0.4, -0.2) is 6.43 Å². The molecule has 0 saturated heterocycles. The van der Waals surface area contributed by atoms with Gasteiger partial charge in [0.25, 0.3) is 6.43 Å². The highest BCUT2D eigenvalue weighted by molar-refractivity contribution is 5.12. The van der Waals surface area contributed by atoms with E-state index in [1.54, 1.807) is 0 Å². The Balaban J connectivity index is 3.85. The number of allylic oxidation sites excluding steroid dienone is 2. The van der Waals surface area contributed by atoms with E-state index in [1.807, 2.05) is 0 Å². The fourth-order valence-corrected chi connectivity index (χ4v) is 0.165. The summed E-state index contributed by atoms with van der Waals surface area (Å²) >= 11 is 0. The van der Waals surface area contributed by atoms with Gasteiger partial charge in [0, 0.05) is 11.6 Å². The van der Waals surface area contributed by atoms with Gasteiger partial charge in [-0.1, -0.05) is 0 Å². The number of rotatable bonds is 1. The maximum Gasteiger partial charge on any atom is 0.260 e. The number of alkyl halides is 2. The summed E-state index contributed by atoms with van der Waals surface area (Å²) in [5, 5.41) is 7.83. The summed E-state index contributed by atoms with van der Waals surface area (Å²) in [5.74, 6) is 0. The fourth-order valence-electron chi connectivity index (χ4n) is 0.165. The van der Waals surface area contributed by atoms with Crippen LogP contribution in [0.2, 0.25) is 0 Å². The molecule has 3 heteroatoms. The van der Waals surface area contributed by atoms with Crippen molar-refractivity contribution < 1.29 is 8.78 Å². The van der Waals surface area contributed by atoms with E-state index in [1.165, 1.54) is 13.0 Å². The highest BCUT2D eigenvalue weighted by atomic mass is 19.3. The predicted molar refractivity (Wildman–Crippen MR) is 25.4 cm³/mol. The molecule has 0 heterocycles. The Morgan fingerprint density at radius 2 is 2.25 bits per heavy atom. The zero-order chi connectivity index (χ0) is 6.57. The molecule has 0 N–H and O–H groups in total. The van der Waals surface area contributed by atoms with Crippen molar-refractivity contribution in [1.29, 1.82) is 5.26 Å². The molecule has 0 aliphatic heterocycles. The standard InChI is InChI=1S/C5H5F2N/c1-4(2-3-8)5(6)7/h2,5H,1H3. The van der Waals surface area contributed by atoms with E-state index in [0.29, 0.717) is 0 Å². The van der Waals surface area contributed by atoms with E-state index in [0.717, 1.165) is 6.08 Å². The number of hydrogen-bond donors (Lipinski definition) is 0. The Hall–Kier alpha value is -0.910. The van der Waals surface area contributed by atoms with Gasteiger partial charge in [-0.3, -0.25) is 0 Å². The second kappa shape index (κ2) is 3.14. The van der Waals surface area contributed by atoms with Crippen molar-refractivity contribution in [3.8, 4) is 6.07 Å². The normalized spacial score (nSPS) is 11.6. The van der Waals surface area contributed by atoms with Gasteiger partial charge in [0.05, 0.1) is 6.07 Å². The molecule has 0 bridgehead atoms. The average molecular weight is 117 g/mol. The van der Waals surface area contributed by atoms with E-state index in [9.17, 15) is 8.78 Å². The van der Waals surface area contributed by atoms with E-state index in [-0.39, 0.29) is 5.57 Å². The zero-order valence-electron chi connectivity index (χ0n) is 4.36. The maximum absolute atomic E-state index is 11.4. The Labute approximate surface area is 46.2 Å².